The number of H-pyrrole nitrogens is 1. The quantitative estimate of drug-likeness (QED) is 0.672. The van der Waals surface area contributed by atoms with Gasteiger partial charge in [0.2, 0.25) is 0 Å². The summed E-state index contributed by atoms with van der Waals surface area (Å²) >= 11 is 2.02. The average molecular weight is 366 g/mol. The van der Waals surface area contributed by atoms with Crippen molar-refractivity contribution in [2.45, 2.75) is 0 Å². The number of nitrogens with zero attached hydrogens (tertiary/aromatic N) is 1. The molecule has 0 saturated carbocycles. The third-order valence-corrected chi connectivity index (χ3v) is 3.69. The van der Waals surface area contributed by atoms with Crippen molar-refractivity contribution >= 4 is 33.5 Å². The minimum absolute atomic E-state index is 0.194. The van der Waals surface area contributed by atoms with E-state index in [0.29, 0.717) is 25.9 Å². The van der Waals surface area contributed by atoms with Gasteiger partial charge in [0.25, 0.3) is 5.56 Å². The van der Waals surface area contributed by atoms with Crippen LogP contribution in [0.25, 0.3) is 22.3 Å². The second kappa shape index (κ2) is 4.73. The molecule has 1 N–H and O–H groups in total. The molecule has 5 heteroatoms. The van der Waals surface area contributed by atoms with Crippen LogP contribution in [0.15, 0.2) is 47.3 Å². The van der Waals surface area contributed by atoms with Gasteiger partial charge in [0.05, 0.1) is 10.9 Å². The van der Waals surface area contributed by atoms with Gasteiger partial charge in [-0.15, -0.1) is 0 Å². The fourth-order valence-corrected chi connectivity index (χ4v) is 2.63. The number of hydrogen-bond donors (Lipinski definition) is 1. The van der Waals surface area contributed by atoms with Crippen LogP contribution in [0.5, 0.6) is 0 Å². The minimum Gasteiger partial charge on any atom is -0.306 e. The molecule has 0 amide bonds. The molecule has 94 valence electrons. The van der Waals surface area contributed by atoms with E-state index in [0.717, 1.165) is 0 Å². The van der Waals surface area contributed by atoms with E-state index in [1.54, 1.807) is 24.3 Å². The van der Waals surface area contributed by atoms with Gasteiger partial charge in [0.1, 0.15) is 11.6 Å². The topological polar surface area (TPSA) is 45.8 Å². The van der Waals surface area contributed by atoms with Crippen LogP contribution in [0, 0.1) is 9.39 Å². The van der Waals surface area contributed by atoms with E-state index in [1.165, 1.54) is 12.1 Å². The number of aromatic amines is 1. The molecule has 19 heavy (non-hydrogen) atoms. The molecule has 0 unspecified atom stereocenters. The molecule has 3 rings (SSSR count). The van der Waals surface area contributed by atoms with E-state index in [-0.39, 0.29) is 11.4 Å². The summed E-state index contributed by atoms with van der Waals surface area (Å²) in [6.45, 7) is 0. The van der Waals surface area contributed by atoms with E-state index in [4.69, 9.17) is 0 Å². The third kappa shape index (κ3) is 2.25. The maximum absolute atomic E-state index is 13.1. The zero-order valence-corrected chi connectivity index (χ0v) is 11.8. The van der Waals surface area contributed by atoms with E-state index in [9.17, 15) is 9.18 Å². The van der Waals surface area contributed by atoms with Crippen LogP contribution >= 0.6 is 22.6 Å². The van der Waals surface area contributed by atoms with Crippen molar-refractivity contribution in [3.05, 3.63) is 62.2 Å². The molecule has 0 atom stereocenters. The highest BCUT2D eigenvalue weighted by Crippen LogP contribution is 2.23. The van der Waals surface area contributed by atoms with Crippen molar-refractivity contribution in [1.29, 1.82) is 0 Å². The van der Waals surface area contributed by atoms with Crippen molar-refractivity contribution in [3.8, 4) is 11.4 Å². The molecule has 0 spiro atoms. The normalized spacial score (nSPS) is 10.8. The third-order valence-electron chi connectivity index (χ3n) is 2.80. The summed E-state index contributed by atoms with van der Waals surface area (Å²) in [6, 6.07) is 11.5. The van der Waals surface area contributed by atoms with Crippen LogP contribution in [-0.4, -0.2) is 9.97 Å². The van der Waals surface area contributed by atoms with Crippen LogP contribution in [0.4, 0.5) is 4.39 Å². The molecule has 1 heterocycles. The zero-order chi connectivity index (χ0) is 13.4. The average Bonchev–Trinajstić information content (AvgIpc) is 2.38. The molecule has 0 fully saturated rings. The summed E-state index contributed by atoms with van der Waals surface area (Å²) in [7, 11) is 0. The summed E-state index contributed by atoms with van der Waals surface area (Å²) in [4.78, 5) is 19.1. The highest BCUT2D eigenvalue weighted by molar-refractivity contribution is 14.1. The summed E-state index contributed by atoms with van der Waals surface area (Å²) in [5.41, 5.74) is 1.15. The maximum atomic E-state index is 13.1. The number of fused-ring (bicyclic) bond motifs is 1. The Bertz CT molecular complexity index is 829. The molecule has 3 aromatic rings. The molecule has 1 aromatic heterocycles. The highest BCUT2D eigenvalue weighted by atomic mass is 127. The standard InChI is InChI=1S/C14H8FIN2O/c15-8-5-6-9(11(16)7-8)13-17-12-4-2-1-3-10(12)14(19)18-13/h1-7H,(H,17,18,19). The summed E-state index contributed by atoms with van der Waals surface area (Å²) in [6.07, 6.45) is 0. The lowest BCUT2D eigenvalue weighted by atomic mass is 10.2. The number of nitrogens with one attached hydrogen (secondary N) is 1. The fourth-order valence-electron chi connectivity index (χ4n) is 1.90. The zero-order valence-electron chi connectivity index (χ0n) is 9.65. The SMILES string of the molecule is O=c1[nH]c(-c2ccc(F)cc2I)nc2ccccc12. The number of aromatic nitrogens is 2. The Balaban J connectivity index is 2.28. The molecular weight excluding hydrogens is 358 g/mol. The van der Waals surface area contributed by atoms with E-state index >= 15 is 0 Å². The van der Waals surface area contributed by atoms with Gasteiger partial charge in [-0.2, -0.15) is 0 Å². The van der Waals surface area contributed by atoms with Crippen molar-refractivity contribution in [1.82, 2.24) is 9.97 Å². The Morgan fingerprint density at radius 3 is 2.74 bits per heavy atom. The van der Waals surface area contributed by atoms with Crippen molar-refractivity contribution in [3.63, 3.8) is 0 Å². The Kier molecular flexibility index (Phi) is 3.06. The molecule has 2 aromatic carbocycles. The first kappa shape index (κ1) is 12.3. The number of rotatable bonds is 1. The Hall–Kier alpha value is -1.76. The van der Waals surface area contributed by atoms with E-state index < -0.39 is 0 Å². The Morgan fingerprint density at radius 1 is 1.16 bits per heavy atom. The number of hydrogen-bond acceptors (Lipinski definition) is 2. The lowest BCUT2D eigenvalue weighted by Gasteiger charge is -2.05. The van der Waals surface area contributed by atoms with Crippen LogP contribution in [0.2, 0.25) is 0 Å². The van der Waals surface area contributed by atoms with Crippen molar-refractivity contribution < 1.29 is 4.39 Å². The fraction of sp³-hybridized carbons (Fsp3) is 0. The van der Waals surface area contributed by atoms with Gasteiger partial charge >= 0.3 is 0 Å². The van der Waals surface area contributed by atoms with Crippen molar-refractivity contribution in [2.75, 3.05) is 0 Å². The van der Waals surface area contributed by atoms with Crippen LogP contribution in [-0.2, 0) is 0 Å². The Morgan fingerprint density at radius 2 is 1.95 bits per heavy atom. The highest BCUT2D eigenvalue weighted by Gasteiger charge is 2.09. The lowest BCUT2D eigenvalue weighted by molar-refractivity contribution is 0.627. The van der Waals surface area contributed by atoms with Gasteiger partial charge < -0.3 is 4.98 Å². The second-order valence-electron chi connectivity index (χ2n) is 4.06. The maximum Gasteiger partial charge on any atom is 0.259 e. The lowest BCUT2D eigenvalue weighted by Crippen LogP contribution is -2.09. The number of benzene rings is 2. The minimum atomic E-state index is -0.309. The monoisotopic (exact) mass is 366 g/mol. The first-order valence-electron chi connectivity index (χ1n) is 5.59. The van der Waals surface area contributed by atoms with Crippen LogP contribution in [0.3, 0.4) is 0 Å². The predicted molar refractivity (Wildman–Crippen MR) is 80.5 cm³/mol. The van der Waals surface area contributed by atoms with Gasteiger partial charge in [0, 0.05) is 9.13 Å². The molecule has 0 bridgehead atoms. The van der Waals surface area contributed by atoms with Gasteiger partial charge in [0.15, 0.2) is 0 Å². The number of para-hydroxylation sites is 1. The molecule has 0 aliphatic carbocycles. The summed E-state index contributed by atoms with van der Waals surface area (Å²) in [5.74, 6) is 0.143. The predicted octanol–water partition coefficient (Wildman–Crippen LogP) is 3.33. The second-order valence-corrected chi connectivity index (χ2v) is 5.22. The van der Waals surface area contributed by atoms with Gasteiger partial charge in [-0.3, -0.25) is 4.79 Å². The first-order chi connectivity index (χ1) is 9.15. The smallest absolute Gasteiger partial charge is 0.259 e. The van der Waals surface area contributed by atoms with Gasteiger partial charge in [-0.05, 0) is 52.9 Å². The summed E-state index contributed by atoms with van der Waals surface area (Å²) < 4.78 is 13.8. The van der Waals surface area contributed by atoms with Crippen molar-refractivity contribution in [2.24, 2.45) is 0 Å². The van der Waals surface area contributed by atoms with E-state index in [2.05, 4.69) is 9.97 Å². The molecule has 0 radical (unpaired) electrons. The molecular formula is C14H8FIN2O. The van der Waals surface area contributed by atoms with Gasteiger partial charge in [-0.1, -0.05) is 12.1 Å². The van der Waals surface area contributed by atoms with E-state index in [1.807, 2.05) is 28.7 Å². The Labute approximate surface area is 121 Å². The molecule has 0 saturated heterocycles. The molecule has 3 nitrogen and oxygen atoms in total. The molecule has 0 aliphatic heterocycles. The largest absolute Gasteiger partial charge is 0.306 e. The summed E-state index contributed by atoms with van der Waals surface area (Å²) in [5, 5.41) is 0.545. The molecule has 0 aliphatic rings. The van der Waals surface area contributed by atoms with Crippen LogP contribution in [0.1, 0.15) is 0 Å². The van der Waals surface area contributed by atoms with Crippen LogP contribution < -0.4 is 5.56 Å². The number of halogens is 2. The van der Waals surface area contributed by atoms with Gasteiger partial charge in [-0.25, -0.2) is 9.37 Å². The first-order valence-corrected chi connectivity index (χ1v) is 6.67.